The summed E-state index contributed by atoms with van der Waals surface area (Å²) >= 11 is 0. The largest absolute Gasteiger partial charge is 0.380 e. The topological polar surface area (TPSA) is 96.7 Å². The van der Waals surface area contributed by atoms with E-state index in [9.17, 15) is 9.90 Å². The lowest BCUT2D eigenvalue weighted by Crippen LogP contribution is -2.23. The van der Waals surface area contributed by atoms with Gasteiger partial charge in [-0.05, 0) is 60.4 Å². The number of pyridine rings is 1. The van der Waals surface area contributed by atoms with Gasteiger partial charge in [-0.3, -0.25) is 4.79 Å². The first-order valence-corrected chi connectivity index (χ1v) is 9.14. The Balaban J connectivity index is 1.77. The first-order valence-electron chi connectivity index (χ1n) is 9.14. The third-order valence-electron chi connectivity index (χ3n) is 5.32. The predicted molar refractivity (Wildman–Crippen MR) is 98.0 cm³/mol. The smallest absolute Gasteiger partial charge is 0.254 e. The molecule has 7 nitrogen and oxygen atoms in total. The summed E-state index contributed by atoms with van der Waals surface area (Å²) in [6, 6.07) is 5.94. The molecule has 1 aliphatic rings. The molecule has 1 saturated carbocycles. The summed E-state index contributed by atoms with van der Waals surface area (Å²) in [4.78, 5) is 15.5. The van der Waals surface area contributed by atoms with Gasteiger partial charge in [0.25, 0.3) is 5.56 Å². The fraction of sp³-hybridized carbons (Fsp3) is 0.474. The van der Waals surface area contributed by atoms with Gasteiger partial charge < -0.3 is 10.1 Å². The molecule has 7 heteroatoms. The minimum atomic E-state index is -1.15. The van der Waals surface area contributed by atoms with Crippen molar-refractivity contribution in [2.75, 3.05) is 0 Å². The highest BCUT2D eigenvalue weighted by Crippen LogP contribution is 2.30. The van der Waals surface area contributed by atoms with Crippen LogP contribution in [0.2, 0.25) is 0 Å². The number of H-pyrrole nitrogens is 1. The van der Waals surface area contributed by atoms with E-state index in [-0.39, 0.29) is 17.2 Å². The maximum atomic E-state index is 12.6. The maximum Gasteiger partial charge on any atom is 0.254 e. The minimum absolute atomic E-state index is 0.187. The van der Waals surface area contributed by atoms with E-state index in [1.165, 1.54) is 6.42 Å². The minimum Gasteiger partial charge on any atom is -0.380 e. The second kappa shape index (κ2) is 6.64. The van der Waals surface area contributed by atoms with E-state index in [0.29, 0.717) is 5.82 Å². The summed E-state index contributed by atoms with van der Waals surface area (Å²) in [7, 11) is 0. The molecule has 0 aliphatic heterocycles. The van der Waals surface area contributed by atoms with Crippen molar-refractivity contribution in [2.45, 2.75) is 58.1 Å². The maximum absolute atomic E-state index is 12.6. The fourth-order valence-corrected chi connectivity index (χ4v) is 4.00. The Morgan fingerprint density at radius 2 is 1.96 bits per heavy atom. The van der Waals surface area contributed by atoms with E-state index >= 15 is 0 Å². The number of aliphatic hydroxyl groups excluding tert-OH is 1. The van der Waals surface area contributed by atoms with Crippen molar-refractivity contribution in [3.63, 3.8) is 0 Å². The zero-order chi connectivity index (χ0) is 18.3. The highest BCUT2D eigenvalue weighted by Gasteiger charge is 2.26. The monoisotopic (exact) mass is 353 g/mol. The van der Waals surface area contributed by atoms with Gasteiger partial charge in [0.15, 0.2) is 5.82 Å². The highest BCUT2D eigenvalue weighted by molar-refractivity contribution is 5.83. The molecular weight excluding hydrogens is 330 g/mol. The first kappa shape index (κ1) is 16.9. The van der Waals surface area contributed by atoms with Gasteiger partial charge in [0, 0.05) is 10.9 Å². The van der Waals surface area contributed by atoms with Crippen LogP contribution in [-0.4, -0.2) is 30.3 Å². The molecule has 2 heterocycles. The van der Waals surface area contributed by atoms with Crippen LogP contribution < -0.4 is 5.56 Å². The van der Waals surface area contributed by atoms with Crippen LogP contribution in [0.15, 0.2) is 23.0 Å². The number of tetrazole rings is 1. The number of aromatic nitrogens is 5. The van der Waals surface area contributed by atoms with Crippen molar-refractivity contribution in [3.8, 4) is 0 Å². The van der Waals surface area contributed by atoms with Crippen LogP contribution in [0.3, 0.4) is 0 Å². The van der Waals surface area contributed by atoms with Crippen molar-refractivity contribution in [3.05, 3.63) is 51.1 Å². The van der Waals surface area contributed by atoms with E-state index in [2.05, 4.69) is 26.6 Å². The Morgan fingerprint density at radius 3 is 2.73 bits per heavy atom. The van der Waals surface area contributed by atoms with E-state index in [0.717, 1.165) is 47.7 Å². The molecule has 26 heavy (non-hydrogen) atoms. The first-order chi connectivity index (χ1) is 12.5. The Hall–Kier alpha value is -2.54. The Kier molecular flexibility index (Phi) is 4.32. The number of hydrogen-bond donors (Lipinski definition) is 2. The summed E-state index contributed by atoms with van der Waals surface area (Å²) in [5, 5.41) is 23.7. The Bertz CT molecular complexity index is 1000. The lowest BCUT2D eigenvalue weighted by Gasteiger charge is -2.23. The summed E-state index contributed by atoms with van der Waals surface area (Å²) in [5.41, 5.74) is 2.87. The molecule has 0 saturated heterocycles. The number of aryl methyl sites for hydroxylation is 2. The lowest BCUT2D eigenvalue weighted by molar-refractivity contribution is 0.190. The molecule has 2 aromatic heterocycles. The van der Waals surface area contributed by atoms with Crippen LogP contribution in [-0.2, 0) is 0 Å². The zero-order valence-corrected chi connectivity index (χ0v) is 15.1. The number of aliphatic hydroxyl groups is 1. The average Bonchev–Trinajstić information content (AvgIpc) is 3.11. The second-order valence-electron chi connectivity index (χ2n) is 7.27. The van der Waals surface area contributed by atoms with Gasteiger partial charge >= 0.3 is 0 Å². The van der Waals surface area contributed by atoms with Crippen molar-refractivity contribution in [1.82, 2.24) is 25.2 Å². The predicted octanol–water partition coefficient (Wildman–Crippen LogP) is 2.72. The van der Waals surface area contributed by atoms with Gasteiger partial charge in [0.05, 0.1) is 11.6 Å². The average molecular weight is 353 g/mol. The number of benzene rings is 1. The van der Waals surface area contributed by atoms with E-state index in [1.807, 2.05) is 19.9 Å². The molecule has 0 amide bonds. The molecule has 2 N–H and O–H groups in total. The molecule has 136 valence electrons. The molecule has 1 fully saturated rings. The number of fused-ring (bicyclic) bond motifs is 1. The second-order valence-corrected chi connectivity index (χ2v) is 7.27. The van der Waals surface area contributed by atoms with Crippen LogP contribution in [0.25, 0.3) is 10.9 Å². The van der Waals surface area contributed by atoms with Gasteiger partial charge in [-0.15, -0.1) is 5.10 Å². The van der Waals surface area contributed by atoms with Gasteiger partial charge in [0.2, 0.25) is 0 Å². The van der Waals surface area contributed by atoms with Crippen molar-refractivity contribution < 1.29 is 5.11 Å². The van der Waals surface area contributed by atoms with Crippen LogP contribution in [0.5, 0.6) is 0 Å². The van der Waals surface area contributed by atoms with Crippen LogP contribution in [0.1, 0.15) is 66.8 Å². The third kappa shape index (κ3) is 2.92. The molecule has 0 radical (unpaired) electrons. The normalized spacial score (nSPS) is 16.9. The molecule has 1 atom stereocenters. The molecule has 1 unspecified atom stereocenters. The molecule has 1 aliphatic carbocycles. The number of hydrogen-bond acceptors (Lipinski definition) is 5. The van der Waals surface area contributed by atoms with Crippen LogP contribution in [0.4, 0.5) is 0 Å². The van der Waals surface area contributed by atoms with Crippen molar-refractivity contribution >= 4 is 10.9 Å². The highest BCUT2D eigenvalue weighted by atomic mass is 16.3. The molecule has 0 spiro atoms. The van der Waals surface area contributed by atoms with Crippen LogP contribution >= 0.6 is 0 Å². The van der Waals surface area contributed by atoms with E-state index < -0.39 is 6.10 Å². The molecule has 0 bridgehead atoms. The summed E-state index contributed by atoms with van der Waals surface area (Å²) in [6.45, 7) is 3.99. The quantitative estimate of drug-likeness (QED) is 0.755. The molecule has 3 aromatic rings. The summed E-state index contributed by atoms with van der Waals surface area (Å²) in [5.74, 6) is 0.339. The number of nitrogens with zero attached hydrogens (tertiary/aromatic N) is 4. The molecule has 1 aromatic carbocycles. The zero-order valence-electron chi connectivity index (χ0n) is 15.1. The van der Waals surface area contributed by atoms with Gasteiger partial charge in [-0.2, -0.15) is 0 Å². The van der Waals surface area contributed by atoms with Gasteiger partial charge in [-0.1, -0.05) is 25.3 Å². The number of rotatable bonds is 3. The van der Waals surface area contributed by atoms with E-state index in [4.69, 9.17) is 0 Å². The third-order valence-corrected chi connectivity index (χ3v) is 5.32. The number of aromatic amines is 1. The SMILES string of the molecule is Cc1cc(C)c2cc(C(O)c3nnnn3C3CCCCC3)c(=O)[nH]c2c1. The van der Waals surface area contributed by atoms with Crippen LogP contribution in [0, 0.1) is 13.8 Å². The fourth-order valence-electron chi connectivity index (χ4n) is 4.00. The molecule has 4 rings (SSSR count). The van der Waals surface area contributed by atoms with E-state index in [1.54, 1.807) is 10.7 Å². The Labute approximate surface area is 151 Å². The summed E-state index contributed by atoms with van der Waals surface area (Å²) in [6.07, 6.45) is 4.33. The number of nitrogens with one attached hydrogen (secondary N) is 1. The lowest BCUT2D eigenvalue weighted by atomic mass is 9.95. The Morgan fingerprint density at radius 1 is 1.19 bits per heavy atom. The summed E-state index contributed by atoms with van der Waals surface area (Å²) < 4.78 is 1.70. The van der Waals surface area contributed by atoms with Crippen molar-refractivity contribution in [2.24, 2.45) is 0 Å². The standard InChI is InChI=1S/C19H23N5O2/c1-11-8-12(2)14-10-15(19(26)20-16(14)9-11)17(25)18-21-22-23-24(18)13-6-4-3-5-7-13/h8-10,13,17,25H,3-7H2,1-2H3,(H,20,26). The van der Waals surface area contributed by atoms with Gasteiger partial charge in [0.1, 0.15) is 6.10 Å². The van der Waals surface area contributed by atoms with Crippen molar-refractivity contribution in [1.29, 1.82) is 0 Å². The molecular formula is C19H23N5O2. The van der Waals surface area contributed by atoms with Gasteiger partial charge in [-0.25, -0.2) is 4.68 Å².